The summed E-state index contributed by atoms with van der Waals surface area (Å²) in [7, 11) is 0. The third-order valence-corrected chi connectivity index (χ3v) is 4.93. The van der Waals surface area contributed by atoms with Crippen molar-refractivity contribution in [2.75, 3.05) is 4.90 Å². The number of carbonyl (C=O) groups is 1. The van der Waals surface area contributed by atoms with Crippen LogP contribution in [-0.4, -0.2) is 16.0 Å². The molecule has 0 aliphatic rings. The number of rotatable bonds is 7. The minimum absolute atomic E-state index is 0.00343. The first kappa shape index (κ1) is 19.9. The number of benzene rings is 3. The number of halogens is 1. The third kappa shape index (κ3) is 4.93. The molecule has 0 radical (unpaired) electrons. The Bertz CT molecular complexity index is 1100. The van der Waals surface area contributed by atoms with Crippen molar-refractivity contribution in [3.8, 4) is 11.4 Å². The van der Waals surface area contributed by atoms with Gasteiger partial charge in [-0.05, 0) is 42.0 Å². The van der Waals surface area contributed by atoms with E-state index in [1.54, 1.807) is 17.0 Å². The van der Waals surface area contributed by atoms with E-state index in [0.29, 0.717) is 29.7 Å². The van der Waals surface area contributed by atoms with Crippen LogP contribution in [0.5, 0.6) is 0 Å². The van der Waals surface area contributed by atoms with Gasteiger partial charge in [-0.25, -0.2) is 0 Å². The molecule has 1 heterocycles. The molecule has 0 spiro atoms. The maximum absolute atomic E-state index is 13.1. The highest BCUT2D eigenvalue weighted by molar-refractivity contribution is 6.30. The summed E-state index contributed by atoms with van der Waals surface area (Å²) in [6, 6.07) is 26.8. The Morgan fingerprint density at radius 1 is 0.900 bits per heavy atom. The van der Waals surface area contributed by atoms with E-state index in [4.69, 9.17) is 16.1 Å². The van der Waals surface area contributed by atoms with E-state index in [2.05, 4.69) is 10.1 Å². The number of aromatic nitrogens is 2. The molecule has 5 nitrogen and oxygen atoms in total. The summed E-state index contributed by atoms with van der Waals surface area (Å²) in [5, 5.41) is 4.66. The molecule has 0 bridgehead atoms. The van der Waals surface area contributed by atoms with E-state index < -0.39 is 0 Å². The molecule has 0 saturated heterocycles. The third-order valence-electron chi connectivity index (χ3n) is 4.68. The maximum atomic E-state index is 13.1. The van der Waals surface area contributed by atoms with Gasteiger partial charge in [0.25, 0.3) is 0 Å². The van der Waals surface area contributed by atoms with E-state index in [9.17, 15) is 4.79 Å². The van der Waals surface area contributed by atoms with Crippen LogP contribution < -0.4 is 4.90 Å². The molecule has 0 unspecified atom stereocenters. The second kappa shape index (κ2) is 9.37. The van der Waals surface area contributed by atoms with E-state index in [0.717, 1.165) is 16.8 Å². The van der Waals surface area contributed by atoms with Gasteiger partial charge in [0.15, 0.2) is 0 Å². The molecule has 4 aromatic rings. The van der Waals surface area contributed by atoms with Gasteiger partial charge in [0.1, 0.15) is 0 Å². The average molecular weight is 418 g/mol. The number of para-hydroxylation sites is 1. The number of anilines is 1. The SMILES string of the molecule is O=C(CCc1nc(-c2ccc(Cl)cc2)no1)N(Cc1ccccc1)c1ccccc1. The largest absolute Gasteiger partial charge is 0.339 e. The van der Waals surface area contributed by atoms with Crippen molar-refractivity contribution in [1.82, 2.24) is 10.1 Å². The second-order valence-corrected chi connectivity index (χ2v) is 7.26. The zero-order valence-electron chi connectivity index (χ0n) is 16.2. The lowest BCUT2D eigenvalue weighted by atomic mass is 10.1. The molecular weight excluding hydrogens is 398 g/mol. The summed E-state index contributed by atoms with van der Waals surface area (Å²) in [4.78, 5) is 19.2. The Labute approximate surface area is 179 Å². The number of aryl methyl sites for hydroxylation is 1. The molecule has 150 valence electrons. The predicted octanol–water partition coefficient (Wildman–Crippen LogP) is 5.56. The summed E-state index contributed by atoms with van der Waals surface area (Å²) in [5.74, 6) is 0.913. The van der Waals surface area contributed by atoms with Gasteiger partial charge in [0, 0.05) is 29.1 Å². The lowest BCUT2D eigenvalue weighted by molar-refractivity contribution is -0.118. The molecule has 0 saturated carbocycles. The zero-order valence-corrected chi connectivity index (χ0v) is 17.0. The van der Waals surface area contributed by atoms with Crippen LogP contribution in [0, 0.1) is 0 Å². The lowest BCUT2D eigenvalue weighted by Gasteiger charge is -2.23. The molecule has 4 rings (SSSR count). The van der Waals surface area contributed by atoms with Gasteiger partial charge in [-0.3, -0.25) is 4.79 Å². The molecule has 0 atom stereocenters. The van der Waals surface area contributed by atoms with Crippen LogP contribution >= 0.6 is 11.6 Å². The average Bonchev–Trinajstić information content (AvgIpc) is 3.27. The van der Waals surface area contributed by atoms with Crippen molar-refractivity contribution in [1.29, 1.82) is 0 Å². The second-order valence-electron chi connectivity index (χ2n) is 6.82. The Balaban J connectivity index is 1.46. The fraction of sp³-hybridized carbons (Fsp3) is 0.125. The summed E-state index contributed by atoms with van der Waals surface area (Å²) < 4.78 is 5.34. The maximum Gasteiger partial charge on any atom is 0.227 e. The van der Waals surface area contributed by atoms with Crippen LogP contribution in [0.2, 0.25) is 5.02 Å². The number of hydrogen-bond acceptors (Lipinski definition) is 4. The first-order valence-electron chi connectivity index (χ1n) is 9.67. The van der Waals surface area contributed by atoms with Gasteiger partial charge >= 0.3 is 0 Å². The molecule has 0 fully saturated rings. The highest BCUT2D eigenvalue weighted by atomic mass is 35.5. The Hall–Kier alpha value is -3.44. The van der Waals surface area contributed by atoms with Gasteiger partial charge in [0.2, 0.25) is 17.6 Å². The van der Waals surface area contributed by atoms with Gasteiger partial charge in [-0.15, -0.1) is 0 Å². The zero-order chi connectivity index (χ0) is 20.8. The molecule has 0 aliphatic heterocycles. The summed E-state index contributed by atoms with van der Waals surface area (Å²) >= 11 is 5.92. The smallest absolute Gasteiger partial charge is 0.227 e. The molecule has 6 heteroatoms. The Kier molecular flexibility index (Phi) is 6.20. The summed E-state index contributed by atoms with van der Waals surface area (Å²) in [6.45, 7) is 0.504. The molecule has 0 aliphatic carbocycles. The number of hydrogen-bond donors (Lipinski definition) is 0. The number of carbonyl (C=O) groups excluding carboxylic acids is 1. The van der Waals surface area contributed by atoms with Gasteiger partial charge in [0.05, 0.1) is 6.54 Å². The Morgan fingerprint density at radius 3 is 2.27 bits per heavy atom. The van der Waals surface area contributed by atoms with E-state index in [-0.39, 0.29) is 12.3 Å². The molecule has 0 N–H and O–H groups in total. The molecule has 1 amide bonds. The minimum Gasteiger partial charge on any atom is -0.339 e. The van der Waals surface area contributed by atoms with Crippen molar-refractivity contribution in [3.63, 3.8) is 0 Å². The van der Waals surface area contributed by atoms with Crippen LogP contribution in [-0.2, 0) is 17.8 Å². The fourth-order valence-electron chi connectivity index (χ4n) is 3.12. The highest BCUT2D eigenvalue weighted by Gasteiger charge is 2.18. The van der Waals surface area contributed by atoms with Gasteiger partial charge in [-0.1, -0.05) is 65.3 Å². The standard InChI is InChI=1S/C24H20ClN3O2/c25-20-13-11-19(12-14-20)24-26-22(30-27-24)15-16-23(29)28(21-9-5-2-6-10-21)17-18-7-3-1-4-8-18/h1-14H,15-17H2. The van der Waals surface area contributed by atoms with Crippen LogP contribution in [0.4, 0.5) is 5.69 Å². The van der Waals surface area contributed by atoms with Crippen molar-refractivity contribution in [2.24, 2.45) is 0 Å². The first-order valence-corrected chi connectivity index (χ1v) is 10.0. The van der Waals surface area contributed by atoms with Crippen LogP contribution in [0.15, 0.2) is 89.5 Å². The molecular formula is C24H20ClN3O2. The van der Waals surface area contributed by atoms with Crippen molar-refractivity contribution >= 4 is 23.2 Å². The van der Waals surface area contributed by atoms with Crippen molar-refractivity contribution in [3.05, 3.63) is 101 Å². The monoisotopic (exact) mass is 417 g/mol. The summed E-state index contributed by atoms with van der Waals surface area (Å²) in [6.07, 6.45) is 0.640. The van der Waals surface area contributed by atoms with Crippen molar-refractivity contribution < 1.29 is 9.32 Å². The summed E-state index contributed by atoms with van der Waals surface area (Å²) in [5.41, 5.74) is 2.74. The van der Waals surface area contributed by atoms with Crippen LogP contribution in [0.1, 0.15) is 17.9 Å². The van der Waals surface area contributed by atoms with Crippen molar-refractivity contribution in [2.45, 2.75) is 19.4 Å². The lowest BCUT2D eigenvalue weighted by Crippen LogP contribution is -2.30. The predicted molar refractivity (Wildman–Crippen MR) is 117 cm³/mol. The number of nitrogens with zero attached hydrogens (tertiary/aromatic N) is 3. The van der Waals surface area contributed by atoms with E-state index in [1.165, 1.54) is 0 Å². The topological polar surface area (TPSA) is 59.2 Å². The quantitative estimate of drug-likeness (QED) is 0.395. The van der Waals surface area contributed by atoms with Crippen LogP contribution in [0.3, 0.4) is 0 Å². The van der Waals surface area contributed by atoms with Gasteiger partial charge < -0.3 is 9.42 Å². The first-order chi connectivity index (χ1) is 14.7. The number of amides is 1. The normalized spacial score (nSPS) is 10.7. The fourth-order valence-corrected chi connectivity index (χ4v) is 3.24. The van der Waals surface area contributed by atoms with Gasteiger partial charge in [-0.2, -0.15) is 4.98 Å². The molecule has 3 aromatic carbocycles. The van der Waals surface area contributed by atoms with E-state index >= 15 is 0 Å². The Morgan fingerprint density at radius 2 is 1.57 bits per heavy atom. The molecule has 1 aromatic heterocycles. The van der Waals surface area contributed by atoms with E-state index in [1.807, 2.05) is 72.8 Å². The minimum atomic E-state index is -0.00343. The van der Waals surface area contributed by atoms with Crippen LogP contribution in [0.25, 0.3) is 11.4 Å². The molecule has 30 heavy (non-hydrogen) atoms. The highest BCUT2D eigenvalue weighted by Crippen LogP contribution is 2.21.